The summed E-state index contributed by atoms with van der Waals surface area (Å²) in [4.78, 5) is 14.5. The Balaban J connectivity index is 0.00000180. The van der Waals surface area contributed by atoms with Crippen molar-refractivity contribution >= 4 is 18.3 Å². The Bertz CT molecular complexity index is 285. The van der Waals surface area contributed by atoms with Crippen LogP contribution in [0.1, 0.15) is 26.7 Å². The highest BCUT2D eigenvalue weighted by atomic mass is 35.5. The van der Waals surface area contributed by atoms with Crippen molar-refractivity contribution in [1.29, 1.82) is 0 Å². The predicted molar refractivity (Wildman–Crippen MR) is 78.6 cm³/mol. The van der Waals surface area contributed by atoms with Gasteiger partial charge in [0.15, 0.2) is 0 Å². The topological polar surface area (TPSA) is 41.6 Å². The summed E-state index contributed by atoms with van der Waals surface area (Å²) in [6.07, 6.45) is 2.32. The molecule has 0 aromatic carbocycles. The van der Waals surface area contributed by atoms with E-state index in [4.69, 9.17) is 4.74 Å². The molecule has 2 aliphatic heterocycles. The minimum Gasteiger partial charge on any atom is -0.381 e. The summed E-state index contributed by atoms with van der Waals surface area (Å²) >= 11 is 0. The first kappa shape index (κ1) is 16.7. The molecule has 2 rings (SSSR count). The molecule has 0 aliphatic carbocycles. The summed E-state index contributed by atoms with van der Waals surface area (Å²) in [6, 6.07) is 0. The predicted octanol–water partition coefficient (Wildman–Crippen LogP) is 1.54. The van der Waals surface area contributed by atoms with Gasteiger partial charge in [0.25, 0.3) is 0 Å². The summed E-state index contributed by atoms with van der Waals surface area (Å²) in [7, 11) is 0. The molecule has 112 valence electrons. The average molecular weight is 291 g/mol. The zero-order chi connectivity index (χ0) is 13.0. The smallest absolute Gasteiger partial charge is 0.225 e. The lowest BCUT2D eigenvalue weighted by atomic mass is 9.87. The molecular formula is C14H27ClN2O2. The van der Waals surface area contributed by atoms with Crippen LogP contribution in [-0.2, 0) is 9.53 Å². The van der Waals surface area contributed by atoms with Gasteiger partial charge in [-0.1, -0.05) is 6.92 Å². The van der Waals surface area contributed by atoms with Crippen LogP contribution in [0.5, 0.6) is 0 Å². The van der Waals surface area contributed by atoms with E-state index >= 15 is 0 Å². The molecule has 19 heavy (non-hydrogen) atoms. The van der Waals surface area contributed by atoms with E-state index in [0.717, 1.165) is 45.8 Å². The number of amides is 1. The lowest BCUT2D eigenvalue weighted by molar-refractivity contribution is -0.139. The number of likely N-dealkylation sites (tertiary alicyclic amines) is 1. The normalized spacial score (nSPS) is 25.4. The van der Waals surface area contributed by atoms with Gasteiger partial charge in [0.2, 0.25) is 5.91 Å². The van der Waals surface area contributed by atoms with Crippen molar-refractivity contribution in [1.82, 2.24) is 10.2 Å². The summed E-state index contributed by atoms with van der Waals surface area (Å²) in [5.74, 6) is 1.61. The number of nitrogens with one attached hydrogen (secondary N) is 1. The summed E-state index contributed by atoms with van der Waals surface area (Å²) in [5.41, 5.74) is 0. The van der Waals surface area contributed by atoms with Gasteiger partial charge in [0, 0.05) is 25.6 Å². The van der Waals surface area contributed by atoms with Crippen LogP contribution in [0.2, 0.25) is 0 Å². The number of halogens is 1. The molecule has 0 bridgehead atoms. The third-order valence-electron chi connectivity index (χ3n) is 4.30. The van der Waals surface area contributed by atoms with E-state index in [1.807, 2.05) is 6.92 Å². The first-order valence-electron chi connectivity index (χ1n) is 7.29. The standard InChI is InChI=1S/C14H26N2O2.ClH/c1-3-18-10-12-5-4-6-16(9-12)14(17)11(2)13-7-15-8-13;/h11-13,15H,3-10H2,1-2H3;1H. The molecule has 0 radical (unpaired) electrons. The molecule has 2 unspecified atom stereocenters. The van der Waals surface area contributed by atoms with Crippen LogP contribution in [0.4, 0.5) is 0 Å². The van der Waals surface area contributed by atoms with E-state index in [1.54, 1.807) is 0 Å². The highest BCUT2D eigenvalue weighted by Crippen LogP contribution is 2.23. The number of hydrogen-bond acceptors (Lipinski definition) is 3. The van der Waals surface area contributed by atoms with Gasteiger partial charge in [-0.15, -0.1) is 12.4 Å². The van der Waals surface area contributed by atoms with Gasteiger partial charge in [-0.3, -0.25) is 4.79 Å². The highest BCUT2D eigenvalue weighted by molar-refractivity contribution is 5.85. The Morgan fingerprint density at radius 1 is 1.47 bits per heavy atom. The number of rotatable bonds is 5. The van der Waals surface area contributed by atoms with Crippen molar-refractivity contribution in [3.05, 3.63) is 0 Å². The van der Waals surface area contributed by atoms with E-state index < -0.39 is 0 Å². The maximum atomic E-state index is 12.4. The van der Waals surface area contributed by atoms with Crippen molar-refractivity contribution in [3.63, 3.8) is 0 Å². The Morgan fingerprint density at radius 3 is 2.79 bits per heavy atom. The van der Waals surface area contributed by atoms with Gasteiger partial charge < -0.3 is 15.0 Å². The summed E-state index contributed by atoms with van der Waals surface area (Å²) < 4.78 is 5.49. The molecule has 1 N–H and O–H groups in total. The minimum atomic E-state index is 0. The lowest BCUT2D eigenvalue weighted by Gasteiger charge is -2.38. The third-order valence-corrected chi connectivity index (χ3v) is 4.30. The fraction of sp³-hybridized carbons (Fsp3) is 0.929. The molecule has 2 fully saturated rings. The molecular weight excluding hydrogens is 264 g/mol. The molecule has 0 aromatic rings. The first-order chi connectivity index (χ1) is 8.72. The maximum absolute atomic E-state index is 12.4. The van der Waals surface area contributed by atoms with Crippen molar-refractivity contribution < 1.29 is 9.53 Å². The van der Waals surface area contributed by atoms with Gasteiger partial charge in [-0.25, -0.2) is 0 Å². The Hall–Kier alpha value is -0.320. The van der Waals surface area contributed by atoms with Crippen LogP contribution < -0.4 is 5.32 Å². The van der Waals surface area contributed by atoms with Crippen LogP contribution in [0.3, 0.4) is 0 Å². The Morgan fingerprint density at radius 2 is 2.21 bits per heavy atom. The number of nitrogens with zero attached hydrogens (tertiary/aromatic N) is 1. The SMILES string of the molecule is CCOCC1CCCN(C(=O)C(C)C2CNC2)C1.Cl. The zero-order valence-electron chi connectivity index (χ0n) is 12.1. The zero-order valence-corrected chi connectivity index (χ0v) is 12.9. The van der Waals surface area contributed by atoms with Crippen LogP contribution in [0, 0.1) is 17.8 Å². The van der Waals surface area contributed by atoms with Crippen LogP contribution in [-0.4, -0.2) is 50.2 Å². The van der Waals surface area contributed by atoms with Gasteiger partial charge in [-0.05, 0) is 44.7 Å². The molecule has 0 spiro atoms. The molecule has 1 amide bonds. The molecule has 2 heterocycles. The summed E-state index contributed by atoms with van der Waals surface area (Å²) in [5, 5.41) is 3.25. The molecule has 0 aromatic heterocycles. The number of ether oxygens (including phenoxy) is 1. The van der Waals surface area contributed by atoms with Crippen LogP contribution in [0.15, 0.2) is 0 Å². The van der Waals surface area contributed by atoms with Crippen molar-refractivity contribution in [3.8, 4) is 0 Å². The molecule has 4 nitrogen and oxygen atoms in total. The van der Waals surface area contributed by atoms with Crippen LogP contribution in [0.25, 0.3) is 0 Å². The second kappa shape index (κ2) is 8.08. The maximum Gasteiger partial charge on any atom is 0.225 e. The second-order valence-corrected chi connectivity index (χ2v) is 5.66. The molecule has 2 saturated heterocycles. The van der Waals surface area contributed by atoms with Gasteiger partial charge in [0.05, 0.1) is 6.61 Å². The minimum absolute atomic E-state index is 0. The highest BCUT2D eigenvalue weighted by Gasteiger charge is 2.33. The van der Waals surface area contributed by atoms with E-state index in [1.165, 1.54) is 6.42 Å². The van der Waals surface area contributed by atoms with Gasteiger partial charge in [0.1, 0.15) is 0 Å². The van der Waals surface area contributed by atoms with Gasteiger partial charge >= 0.3 is 0 Å². The first-order valence-corrected chi connectivity index (χ1v) is 7.29. The van der Waals surface area contributed by atoms with Crippen LogP contribution >= 0.6 is 12.4 Å². The van der Waals surface area contributed by atoms with E-state index in [-0.39, 0.29) is 18.3 Å². The van der Waals surface area contributed by atoms with E-state index in [2.05, 4.69) is 17.1 Å². The number of hydrogen-bond donors (Lipinski definition) is 1. The van der Waals surface area contributed by atoms with Crippen molar-refractivity contribution in [2.45, 2.75) is 26.7 Å². The quantitative estimate of drug-likeness (QED) is 0.835. The van der Waals surface area contributed by atoms with E-state index in [0.29, 0.717) is 17.7 Å². The van der Waals surface area contributed by atoms with Crippen molar-refractivity contribution in [2.75, 3.05) is 39.4 Å². The van der Waals surface area contributed by atoms with E-state index in [9.17, 15) is 4.79 Å². The fourth-order valence-electron chi connectivity index (χ4n) is 2.84. The monoisotopic (exact) mass is 290 g/mol. The lowest BCUT2D eigenvalue weighted by Crippen LogP contribution is -2.52. The summed E-state index contributed by atoms with van der Waals surface area (Å²) in [6.45, 7) is 9.52. The molecule has 2 aliphatic rings. The largest absolute Gasteiger partial charge is 0.381 e. The van der Waals surface area contributed by atoms with Crippen molar-refractivity contribution in [2.24, 2.45) is 17.8 Å². The second-order valence-electron chi connectivity index (χ2n) is 5.66. The molecule has 2 atom stereocenters. The Kier molecular flexibility index (Phi) is 7.11. The number of carbonyl (C=O) groups is 1. The number of carbonyl (C=O) groups excluding carboxylic acids is 1. The Labute approximate surface area is 122 Å². The molecule has 0 saturated carbocycles. The third kappa shape index (κ3) is 4.33. The molecule has 5 heteroatoms. The fourth-order valence-corrected chi connectivity index (χ4v) is 2.84. The number of piperidine rings is 1. The van der Waals surface area contributed by atoms with Gasteiger partial charge in [-0.2, -0.15) is 0 Å². The average Bonchev–Trinajstić information content (AvgIpc) is 2.33.